The standard InChI is InChI=1S/C13H23NO2/c1-2-16-13(15)9-6-10-14-11-12-7-4-3-5-8-12/h6,9,12,14H,2-5,7-8,10-11H2,1H3/b9-6+. The van der Waals surface area contributed by atoms with Crippen LogP contribution in [0.15, 0.2) is 12.2 Å². The number of carbonyl (C=O) groups is 1. The van der Waals surface area contributed by atoms with E-state index in [4.69, 9.17) is 4.74 Å². The number of carbonyl (C=O) groups excluding carboxylic acids is 1. The summed E-state index contributed by atoms with van der Waals surface area (Å²) >= 11 is 0. The first-order valence-electron chi connectivity index (χ1n) is 6.37. The van der Waals surface area contributed by atoms with E-state index in [9.17, 15) is 4.79 Å². The maximum atomic E-state index is 11.0. The van der Waals surface area contributed by atoms with Crippen molar-refractivity contribution in [3.05, 3.63) is 12.2 Å². The van der Waals surface area contributed by atoms with Crippen LogP contribution in [0.5, 0.6) is 0 Å². The molecule has 0 amide bonds. The van der Waals surface area contributed by atoms with E-state index < -0.39 is 0 Å². The van der Waals surface area contributed by atoms with Gasteiger partial charge in [0, 0.05) is 12.6 Å². The maximum absolute atomic E-state index is 11.0. The second kappa shape index (κ2) is 8.34. The Morgan fingerprint density at radius 2 is 2.12 bits per heavy atom. The molecule has 0 atom stereocenters. The first-order valence-corrected chi connectivity index (χ1v) is 6.37. The first kappa shape index (κ1) is 13.2. The van der Waals surface area contributed by atoms with Crippen molar-refractivity contribution in [2.24, 2.45) is 5.92 Å². The fraction of sp³-hybridized carbons (Fsp3) is 0.769. The summed E-state index contributed by atoms with van der Waals surface area (Å²) in [5, 5.41) is 3.36. The lowest BCUT2D eigenvalue weighted by atomic mass is 9.89. The Morgan fingerprint density at radius 3 is 2.81 bits per heavy atom. The minimum atomic E-state index is -0.248. The Bertz CT molecular complexity index is 220. The van der Waals surface area contributed by atoms with Crippen LogP contribution in [0.4, 0.5) is 0 Å². The van der Waals surface area contributed by atoms with Crippen molar-refractivity contribution in [2.75, 3.05) is 19.7 Å². The summed E-state index contributed by atoms with van der Waals surface area (Å²) in [6, 6.07) is 0. The van der Waals surface area contributed by atoms with Crippen LogP contribution in [-0.2, 0) is 9.53 Å². The van der Waals surface area contributed by atoms with Crippen molar-refractivity contribution in [1.82, 2.24) is 5.32 Å². The van der Waals surface area contributed by atoms with E-state index in [0.717, 1.165) is 19.0 Å². The third kappa shape index (κ3) is 5.91. The third-order valence-electron chi connectivity index (χ3n) is 2.96. The molecule has 3 nitrogen and oxygen atoms in total. The lowest BCUT2D eigenvalue weighted by Crippen LogP contribution is -2.24. The molecule has 1 fully saturated rings. The van der Waals surface area contributed by atoms with Crippen molar-refractivity contribution in [1.29, 1.82) is 0 Å². The largest absolute Gasteiger partial charge is 0.463 e. The predicted molar refractivity (Wildman–Crippen MR) is 65.2 cm³/mol. The molecule has 0 aromatic carbocycles. The van der Waals surface area contributed by atoms with Crippen LogP contribution in [0.25, 0.3) is 0 Å². The average Bonchev–Trinajstić information content (AvgIpc) is 2.30. The first-order chi connectivity index (χ1) is 7.83. The van der Waals surface area contributed by atoms with Crippen LogP contribution in [-0.4, -0.2) is 25.7 Å². The quantitative estimate of drug-likeness (QED) is 0.428. The van der Waals surface area contributed by atoms with E-state index in [1.807, 2.05) is 13.0 Å². The maximum Gasteiger partial charge on any atom is 0.330 e. The summed E-state index contributed by atoms with van der Waals surface area (Å²) in [6.45, 7) is 4.09. The highest BCUT2D eigenvalue weighted by Gasteiger charge is 2.11. The van der Waals surface area contributed by atoms with E-state index in [1.165, 1.54) is 38.2 Å². The van der Waals surface area contributed by atoms with E-state index in [0.29, 0.717) is 6.61 Å². The fourth-order valence-corrected chi connectivity index (χ4v) is 2.11. The minimum Gasteiger partial charge on any atom is -0.463 e. The highest BCUT2D eigenvalue weighted by atomic mass is 16.5. The van der Waals surface area contributed by atoms with E-state index in [1.54, 1.807) is 0 Å². The number of hydrogen-bond acceptors (Lipinski definition) is 3. The molecule has 0 spiro atoms. The van der Waals surface area contributed by atoms with E-state index in [-0.39, 0.29) is 5.97 Å². The molecule has 16 heavy (non-hydrogen) atoms. The molecule has 0 saturated heterocycles. The minimum absolute atomic E-state index is 0.248. The van der Waals surface area contributed by atoms with Gasteiger partial charge < -0.3 is 10.1 Å². The molecule has 0 unspecified atom stereocenters. The predicted octanol–water partition coefficient (Wildman–Crippen LogP) is 2.28. The van der Waals surface area contributed by atoms with E-state index >= 15 is 0 Å². The summed E-state index contributed by atoms with van der Waals surface area (Å²) in [7, 11) is 0. The molecular weight excluding hydrogens is 202 g/mol. The number of rotatable bonds is 6. The van der Waals surface area contributed by atoms with Gasteiger partial charge in [0.1, 0.15) is 0 Å². The lowest BCUT2D eigenvalue weighted by molar-refractivity contribution is -0.137. The normalized spacial score (nSPS) is 17.8. The molecular formula is C13H23NO2. The molecule has 3 heteroatoms. The Labute approximate surface area is 98.2 Å². The lowest BCUT2D eigenvalue weighted by Gasteiger charge is -2.21. The second-order valence-electron chi connectivity index (χ2n) is 4.32. The van der Waals surface area contributed by atoms with Gasteiger partial charge in [-0.25, -0.2) is 4.79 Å². The zero-order chi connectivity index (χ0) is 11.6. The molecule has 1 aliphatic rings. The van der Waals surface area contributed by atoms with Crippen LogP contribution in [0, 0.1) is 5.92 Å². The van der Waals surface area contributed by atoms with Gasteiger partial charge in [0.15, 0.2) is 0 Å². The van der Waals surface area contributed by atoms with Gasteiger partial charge in [-0.05, 0) is 32.2 Å². The van der Waals surface area contributed by atoms with Crippen LogP contribution in [0.2, 0.25) is 0 Å². The SMILES string of the molecule is CCOC(=O)/C=C/CNCC1CCCCC1. The van der Waals surface area contributed by atoms with Gasteiger partial charge in [-0.15, -0.1) is 0 Å². The molecule has 92 valence electrons. The highest BCUT2D eigenvalue weighted by molar-refractivity contribution is 5.81. The Morgan fingerprint density at radius 1 is 1.38 bits per heavy atom. The van der Waals surface area contributed by atoms with Gasteiger partial charge in [-0.1, -0.05) is 25.3 Å². The topological polar surface area (TPSA) is 38.3 Å². The van der Waals surface area contributed by atoms with Crippen molar-refractivity contribution >= 4 is 5.97 Å². The molecule has 0 aliphatic heterocycles. The number of nitrogens with one attached hydrogen (secondary N) is 1. The molecule has 0 bridgehead atoms. The second-order valence-corrected chi connectivity index (χ2v) is 4.32. The van der Waals surface area contributed by atoms with Crippen molar-refractivity contribution in [2.45, 2.75) is 39.0 Å². The Balaban J connectivity index is 2.00. The van der Waals surface area contributed by atoms with Gasteiger partial charge >= 0.3 is 5.97 Å². The van der Waals surface area contributed by atoms with Gasteiger partial charge in [0.2, 0.25) is 0 Å². The zero-order valence-electron chi connectivity index (χ0n) is 10.2. The average molecular weight is 225 g/mol. The van der Waals surface area contributed by atoms with Crippen molar-refractivity contribution < 1.29 is 9.53 Å². The Kier molecular flexibility index (Phi) is 6.90. The number of esters is 1. The molecule has 0 heterocycles. The Hall–Kier alpha value is -0.830. The summed E-state index contributed by atoms with van der Waals surface area (Å²) in [5.41, 5.74) is 0. The van der Waals surface area contributed by atoms with Crippen molar-refractivity contribution in [3.8, 4) is 0 Å². The molecule has 1 saturated carbocycles. The van der Waals surface area contributed by atoms with Crippen LogP contribution >= 0.6 is 0 Å². The highest BCUT2D eigenvalue weighted by Crippen LogP contribution is 2.22. The third-order valence-corrected chi connectivity index (χ3v) is 2.96. The van der Waals surface area contributed by atoms with Gasteiger partial charge in [-0.3, -0.25) is 0 Å². The molecule has 1 N–H and O–H groups in total. The van der Waals surface area contributed by atoms with Gasteiger partial charge in [0.25, 0.3) is 0 Å². The van der Waals surface area contributed by atoms with Crippen LogP contribution < -0.4 is 5.32 Å². The number of ether oxygens (including phenoxy) is 1. The van der Waals surface area contributed by atoms with Crippen molar-refractivity contribution in [3.63, 3.8) is 0 Å². The molecule has 1 aliphatic carbocycles. The summed E-state index contributed by atoms with van der Waals surface area (Å²) in [4.78, 5) is 11.0. The summed E-state index contributed by atoms with van der Waals surface area (Å²) in [6.07, 6.45) is 10.2. The molecule has 0 aromatic rings. The monoisotopic (exact) mass is 225 g/mol. The summed E-state index contributed by atoms with van der Waals surface area (Å²) in [5.74, 6) is 0.590. The van der Waals surface area contributed by atoms with Crippen LogP contribution in [0.1, 0.15) is 39.0 Å². The van der Waals surface area contributed by atoms with Gasteiger partial charge in [0.05, 0.1) is 6.61 Å². The van der Waals surface area contributed by atoms with E-state index in [2.05, 4.69) is 5.32 Å². The van der Waals surface area contributed by atoms with Crippen LogP contribution in [0.3, 0.4) is 0 Å². The zero-order valence-corrected chi connectivity index (χ0v) is 10.2. The fourth-order valence-electron chi connectivity index (χ4n) is 2.11. The van der Waals surface area contributed by atoms with Gasteiger partial charge in [-0.2, -0.15) is 0 Å². The molecule has 0 radical (unpaired) electrons. The molecule has 0 aromatic heterocycles. The summed E-state index contributed by atoms with van der Waals surface area (Å²) < 4.78 is 4.78. The smallest absolute Gasteiger partial charge is 0.330 e. The molecule has 1 rings (SSSR count). The number of hydrogen-bond donors (Lipinski definition) is 1.